The minimum Gasteiger partial charge on any atom is -0.326 e. The fraction of sp³-hybridized carbons (Fsp3) is 0.455. The van der Waals surface area contributed by atoms with E-state index in [9.17, 15) is 8.42 Å². The summed E-state index contributed by atoms with van der Waals surface area (Å²) in [4.78, 5) is 0. The van der Waals surface area contributed by atoms with Crippen LogP contribution in [0.15, 0.2) is 24.3 Å². The van der Waals surface area contributed by atoms with Gasteiger partial charge in [-0.1, -0.05) is 29.8 Å². The maximum atomic E-state index is 11.4. The molecule has 0 aliphatic heterocycles. The molecule has 2 N–H and O–H groups in total. The van der Waals surface area contributed by atoms with Gasteiger partial charge in [0.1, 0.15) is 0 Å². The SMILES string of the molecule is Cc1ccc([C@H]2[C@@H](N)[C@@H]2S(C)(=O)=O)cc1. The molecule has 82 valence electrons. The van der Waals surface area contributed by atoms with Crippen molar-refractivity contribution in [2.24, 2.45) is 5.73 Å². The van der Waals surface area contributed by atoms with Crippen molar-refractivity contribution in [1.29, 1.82) is 0 Å². The van der Waals surface area contributed by atoms with E-state index in [0.717, 1.165) is 5.56 Å². The zero-order chi connectivity index (χ0) is 11.2. The lowest BCUT2D eigenvalue weighted by atomic mass is 10.1. The van der Waals surface area contributed by atoms with Gasteiger partial charge in [-0.05, 0) is 12.5 Å². The van der Waals surface area contributed by atoms with Crippen LogP contribution < -0.4 is 5.73 Å². The fourth-order valence-corrected chi connectivity index (χ4v) is 3.58. The van der Waals surface area contributed by atoms with Crippen LogP contribution in [0.5, 0.6) is 0 Å². The first-order valence-electron chi connectivity index (χ1n) is 4.92. The second-order valence-corrected chi connectivity index (χ2v) is 6.51. The summed E-state index contributed by atoms with van der Waals surface area (Å²) in [7, 11) is -3.01. The number of sulfone groups is 1. The third-order valence-corrected chi connectivity index (χ3v) is 4.56. The molecule has 0 spiro atoms. The minimum absolute atomic E-state index is 0.0133. The molecule has 2 rings (SSSR count). The number of hydrogen-bond donors (Lipinski definition) is 1. The molecule has 15 heavy (non-hydrogen) atoms. The third-order valence-electron chi connectivity index (χ3n) is 2.96. The molecule has 0 aromatic heterocycles. The van der Waals surface area contributed by atoms with Crippen molar-refractivity contribution >= 4 is 9.84 Å². The predicted molar refractivity (Wildman–Crippen MR) is 60.5 cm³/mol. The Morgan fingerprint density at radius 1 is 1.20 bits per heavy atom. The second kappa shape index (κ2) is 3.32. The van der Waals surface area contributed by atoms with Crippen LogP contribution in [0.3, 0.4) is 0 Å². The molecule has 1 saturated carbocycles. The maximum Gasteiger partial charge on any atom is 0.152 e. The summed E-state index contributed by atoms with van der Waals surface area (Å²) in [5.41, 5.74) is 7.99. The summed E-state index contributed by atoms with van der Waals surface area (Å²) in [5.74, 6) is -0.0133. The van der Waals surface area contributed by atoms with Crippen molar-refractivity contribution < 1.29 is 8.42 Å². The molecule has 3 nitrogen and oxygen atoms in total. The predicted octanol–water partition coefficient (Wildman–Crippen LogP) is 0.833. The topological polar surface area (TPSA) is 60.2 Å². The summed E-state index contributed by atoms with van der Waals surface area (Å²) in [6.07, 6.45) is 1.26. The Morgan fingerprint density at radius 2 is 1.73 bits per heavy atom. The molecular weight excluding hydrogens is 210 g/mol. The monoisotopic (exact) mass is 225 g/mol. The fourth-order valence-electron chi connectivity index (χ4n) is 2.06. The van der Waals surface area contributed by atoms with E-state index in [-0.39, 0.29) is 17.2 Å². The first-order chi connectivity index (χ1) is 6.91. The Morgan fingerprint density at radius 3 is 2.13 bits per heavy atom. The van der Waals surface area contributed by atoms with E-state index in [1.165, 1.54) is 11.8 Å². The molecule has 3 atom stereocenters. The maximum absolute atomic E-state index is 11.4. The number of aryl methyl sites for hydroxylation is 1. The molecule has 0 amide bonds. The lowest BCUT2D eigenvalue weighted by Crippen LogP contribution is -2.13. The number of benzene rings is 1. The molecule has 1 aromatic rings. The standard InChI is InChI=1S/C11H15NO2S/c1-7-3-5-8(6-4-7)9-10(12)11(9)15(2,13)14/h3-6,9-11H,12H2,1-2H3/t9-,10+,11+/m0/s1. The zero-order valence-corrected chi connectivity index (χ0v) is 9.66. The van der Waals surface area contributed by atoms with Crippen molar-refractivity contribution in [1.82, 2.24) is 0 Å². The smallest absolute Gasteiger partial charge is 0.152 e. The largest absolute Gasteiger partial charge is 0.326 e. The van der Waals surface area contributed by atoms with E-state index in [1.807, 2.05) is 31.2 Å². The van der Waals surface area contributed by atoms with Crippen LogP contribution in [0.4, 0.5) is 0 Å². The Hall–Kier alpha value is -0.870. The third kappa shape index (κ3) is 1.92. The van der Waals surface area contributed by atoms with E-state index in [4.69, 9.17) is 5.73 Å². The van der Waals surface area contributed by atoms with E-state index in [0.29, 0.717) is 0 Å². The van der Waals surface area contributed by atoms with Gasteiger partial charge in [0.2, 0.25) is 0 Å². The number of rotatable bonds is 2. The van der Waals surface area contributed by atoms with Crippen molar-refractivity contribution in [3.63, 3.8) is 0 Å². The van der Waals surface area contributed by atoms with Crippen LogP contribution in [-0.2, 0) is 9.84 Å². The van der Waals surface area contributed by atoms with Crippen molar-refractivity contribution in [2.45, 2.75) is 24.1 Å². The van der Waals surface area contributed by atoms with Gasteiger partial charge in [0.15, 0.2) is 9.84 Å². The first-order valence-corrected chi connectivity index (χ1v) is 6.88. The summed E-state index contributed by atoms with van der Waals surface area (Å²) >= 11 is 0. The Labute approximate surface area is 90.2 Å². The summed E-state index contributed by atoms with van der Waals surface area (Å²) in [6, 6.07) is 7.66. The molecule has 4 heteroatoms. The van der Waals surface area contributed by atoms with Gasteiger partial charge in [0.05, 0.1) is 5.25 Å². The Bertz CT molecular complexity index is 464. The lowest BCUT2D eigenvalue weighted by Gasteiger charge is -1.99. The van der Waals surface area contributed by atoms with Crippen LogP contribution >= 0.6 is 0 Å². The highest BCUT2D eigenvalue weighted by Crippen LogP contribution is 2.44. The molecule has 1 aliphatic rings. The van der Waals surface area contributed by atoms with Gasteiger partial charge in [0, 0.05) is 18.2 Å². The average Bonchev–Trinajstić information content (AvgIpc) is 2.78. The Balaban J connectivity index is 2.26. The molecule has 0 bridgehead atoms. The van der Waals surface area contributed by atoms with Crippen molar-refractivity contribution in [2.75, 3.05) is 6.26 Å². The van der Waals surface area contributed by atoms with Crippen LogP contribution in [0, 0.1) is 6.92 Å². The van der Waals surface area contributed by atoms with Gasteiger partial charge in [-0.3, -0.25) is 0 Å². The number of nitrogens with two attached hydrogens (primary N) is 1. The zero-order valence-electron chi connectivity index (χ0n) is 8.84. The summed E-state index contributed by atoms with van der Waals surface area (Å²) < 4.78 is 22.7. The Kier molecular flexibility index (Phi) is 2.35. The average molecular weight is 225 g/mol. The highest BCUT2D eigenvalue weighted by Gasteiger charge is 2.54. The minimum atomic E-state index is -3.01. The highest BCUT2D eigenvalue weighted by molar-refractivity contribution is 7.91. The van der Waals surface area contributed by atoms with Gasteiger partial charge in [0.25, 0.3) is 0 Å². The molecule has 0 radical (unpaired) electrons. The van der Waals surface area contributed by atoms with Gasteiger partial charge >= 0.3 is 0 Å². The van der Waals surface area contributed by atoms with Crippen LogP contribution in [0.1, 0.15) is 17.0 Å². The molecule has 0 unspecified atom stereocenters. The molecule has 0 heterocycles. The van der Waals surface area contributed by atoms with E-state index < -0.39 is 9.84 Å². The van der Waals surface area contributed by atoms with Gasteiger partial charge in [-0.15, -0.1) is 0 Å². The van der Waals surface area contributed by atoms with Crippen LogP contribution in [0.2, 0.25) is 0 Å². The number of hydrogen-bond acceptors (Lipinski definition) is 3. The molecule has 1 aliphatic carbocycles. The van der Waals surface area contributed by atoms with Crippen LogP contribution in [-0.4, -0.2) is 26.0 Å². The molecule has 1 aromatic carbocycles. The van der Waals surface area contributed by atoms with E-state index in [2.05, 4.69) is 0 Å². The van der Waals surface area contributed by atoms with Crippen LogP contribution in [0.25, 0.3) is 0 Å². The van der Waals surface area contributed by atoms with Gasteiger partial charge < -0.3 is 5.73 Å². The van der Waals surface area contributed by atoms with E-state index in [1.54, 1.807) is 0 Å². The van der Waals surface area contributed by atoms with Gasteiger partial charge in [-0.25, -0.2) is 8.42 Å². The molecule has 0 saturated heterocycles. The highest BCUT2D eigenvalue weighted by atomic mass is 32.2. The van der Waals surface area contributed by atoms with E-state index >= 15 is 0 Å². The summed E-state index contributed by atoms with van der Waals surface area (Å²) in [5, 5.41) is -0.389. The quantitative estimate of drug-likeness (QED) is 0.811. The van der Waals surface area contributed by atoms with Gasteiger partial charge in [-0.2, -0.15) is 0 Å². The van der Waals surface area contributed by atoms with Crippen molar-refractivity contribution in [3.05, 3.63) is 35.4 Å². The first kappa shape index (κ1) is 10.6. The summed E-state index contributed by atoms with van der Waals surface area (Å²) in [6.45, 7) is 2.00. The molecular formula is C11H15NO2S. The van der Waals surface area contributed by atoms with Crippen molar-refractivity contribution in [3.8, 4) is 0 Å². The normalized spacial score (nSPS) is 30.2. The second-order valence-electron chi connectivity index (χ2n) is 4.31. The molecule has 1 fully saturated rings. The lowest BCUT2D eigenvalue weighted by molar-refractivity contribution is 0.599.